The Hall–Kier alpha value is -1.07. The van der Waals surface area contributed by atoms with Gasteiger partial charge in [-0.25, -0.2) is 8.42 Å². The lowest BCUT2D eigenvalue weighted by Crippen LogP contribution is -2.35. The van der Waals surface area contributed by atoms with Crippen molar-refractivity contribution in [3.8, 4) is 5.75 Å². The Kier molecular flexibility index (Phi) is 4.39. The van der Waals surface area contributed by atoms with Crippen LogP contribution >= 0.6 is 0 Å². The summed E-state index contributed by atoms with van der Waals surface area (Å²) in [6.07, 6.45) is 3.01. The maximum atomic E-state index is 12.5. The summed E-state index contributed by atoms with van der Waals surface area (Å²) in [4.78, 5) is 0.348. The highest BCUT2D eigenvalue weighted by molar-refractivity contribution is 7.89. The molecule has 0 N–H and O–H groups in total. The van der Waals surface area contributed by atoms with Crippen molar-refractivity contribution in [3.63, 3.8) is 0 Å². The number of rotatable bonds is 3. The van der Waals surface area contributed by atoms with Crippen LogP contribution < -0.4 is 4.74 Å². The van der Waals surface area contributed by atoms with E-state index in [9.17, 15) is 8.42 Å². The van der Waals surface area contributed by atoms with E-state index in [1.54, 1.807) is 28.6 Å². The van der Waals surface area contributed by atoms with Crippen LogP contribution in [-0.2, 0) is 10.0 Å². The highest BCUT2D eigenvalue weighted by Crippen LogP contribution is 2.24. The van der Waals surface area contributed by atoms with E-state index < -0.39 is 10.0 Å². The number of sulfonamides is 1. The van der Waals surface area contributed by atoms with E-state index in [0.29, 0.717) is 23.7 Å². The summed E-state index contributed by atoms with van der Waals surface area (Å²) >= 11 is 0. The first-order chi connectivity index (χ1) is 9.29. The number of ether oxygens (including phenoxy) is 1. The highest BCUT2D eigenvalue weighted by Gasteiger charge is 2.25. The van der Waals surface area contributed by atoms with E-state index in [1.165, 1.54) is 0 Å². The minimum atomic E-state index is -3.34. The lowest BCUT2D eigenvalue weighted by Gasteiger charge is -2.26. The average molecular weight is 297 g/mol. The van der Waals surface area contributed by atoms with Gasteiger partial charge in [-0.3, -0.25) is 0 Å². The Balaban J connectivity index is 2.16. The molecule has 4 nitrogen and oxygen atoms in total. The molecule has 0 spiro atoms. The van der Waals surface area contributed by atoms with Crippen LogP contribution in [0.4, 0.5) is 0 Å². The zero-order valence-electron chi connectivity index (χ0n) is 12.4. The van der Waals surface area contributed by atoms with Crippen molar-refractivity contribution in [1.82, 2.24) is 4.31 Å². The maximum absolute atomic E-state index is 12.5. The molecular weight excluding hydrogens is 274 g/mol. The minimum absolute atomic E-state index is 0.284. The quantitative estimate of drug-likeness (QED) is 0.861. The molecule has 0 aromatic heterocycles. The first kappa shape index (κ1) is 15.3. The minimum Gasteiger partial charge on any atom is -0.488 e. The van der Waals surface area contributed by atoms with Crippen molar-refractivity contribution in [1.29, 1.82) is 0 Å². The van der Waals surface area contributed by atoms with Gasteiger partial charge in [0.25, 0.3) is 0 Å². The molecule has 0 unspecified atom stereocenters. The Labute approximate surface area is 121 Å². The first-order valence-electron chi connectivity index (χ1n) is 7.08. The largest absolute Gasteiger partial charge is 0.488 e. The molecule has 1 aromatic rings. The normalized spacial score (nSPS) is 17.9. The second kappa shape index (κ2) is 5.74. The molecular formula is C15H23NO3S. The summed E-state index contributed by atoms with van der Waals surface area (Å²) in [6.45, 7) is 7.15. The molecule has 1 fully saturated rings. The Morgan fingerprint density at radius 1 is 1.00 bits per heavy atom. The summed E-state index contributed by atoms with van der Waals surface area (Å²) in [7, 11) is -3.34. The van der Waals surface area contributed by atoms with Crippen LogP contribution in [0.2, 0.25) is 0 Å². The Morgan fingerprint density at radius 2 is 1.55 bits per heavy atom. The fourth-order valence-electron chi connectivity index (χ4n) is 2.29. The van der Waals surface area contributed by atoms with Gasteiger partial charge in [0.1, 0.15) is 11.4 Å². The first-order valence-corrected chi connectivity index (χ1v) is 8.52. The van der Waals surface area contributed by atoms with Gasteiger partial charge in [0.15, 0.2) is 0 Å². The Bertz CT molecular complexity index is 537. The third kappa shape index (κ3) is 3.73. The molecule has 0 atom stereocenters. The van der Waals surface area contributed by atoms with Gasteiger partial charge in [0.05, 0.1) is 4.90 Å². The fourth-order valence-corrected chi connectivity index (χ4v) is 3.80. The smallest absolute Gasteiger partial charge is 0.243 e. The zero-order valence-corrected chi connectivity index (χ0v) is 13.2. The molecule has 0 amide bonds. The lowest BCUT2D eigenvalue weighted by atomic mass is 10.2. The monoisotopic (exact) mass is 297 g/mol. The standard InChI is InChI=1S/C15H23NO3S/c1-15(2,3)19-13-7-9-14(10-8-13)20(17,18)16-11-5-4-6-12-16/h7-10H,4-6,11-12H2,1-3H3. The van der Waals surface area contributed by atoms with Gasteiger partial charge in [-0.1, -0.05) is 6.42 Å². The summed E-state index contributed by atoms with van der Waals surface area (Å²) in [6, 6.07) is 6.71. The van der Waals surface area contributed by atoms with Crippen molar-refractivity contribution >= 4 is 10.0 Å². The van der Waals surface area contributed by atoms with Gasteiger partial charge in [-0.05, 0) is 57.9 Å². The van der Waals surface area contributed by atoms with Crippen molar-refractivity contribution < 1.29 is 13.2 Å². The molecule has 1 saturated heterocycles. The topological polar surface area (TPSA) is 46.6 Å². The number of benzene rings is 1. The second-order valence-electron chi connectivity index (χ2n) is 6.15. The third-order valence-electron chi connectivity index (χ3n) is 3.20. The zero-order chi connectivity index (χ0) is 14.8. The van der Waals surface area contributed by atoms with Crippen molar-refractivity contribution in [3.05, 3.63) is 24.3 Å². The summed E-state index contributed by atoms with van der Waals surface area (Å²) in [5, 5.41) is 0. The van der Waals surface area contributed by atoms with Gasteiger partial charge in [-0.15, -0.1) is 0 Å². The molecule has 1 heterocycles. The van der Waals surface area contributed by atoms with Crippen molar-refractivity contribution in [2.75, 3.05) is 13.1 Å². The number of piperidine rings is 1. The fraction of sp³-hybridized carbons (Fsp3) is 0.600. The van der Waals surface area contributed by atoms with Gasteiger partial charge < -0.3 is 4.74 Å². The molecule has 1 aromatic carbocycles. The van der Waals surface area contributed by atoms with Crippen LogP contribution in [-0.4, -0.2) is 31.4 Å². The second-order valence-corrected chi connectivity index (χ2v) is 8.09. The highest BCUT2D eigenvalue weighted by atomic mass is 32.2. The van der Waals surface area contributed by atoms with Gasteiger partial charge in [0, 0.05) is 13.1 Å². The summed E-state index contributed by atoms with van der Waals surface area (Å²) < 4.78 is 32.2. The third-order valence-corrected chi connectivity index (χ3v) is 5.11. The molecule has 5 heteroatoms. The molecule has 0 bridgehead atoms. The van der Waals surface area contributed by atoms with Crippen molar-refractivity contribution in [2.45, 2.75) is 50.5 Å². The predicted octanol–water partition coefficient (Wildman–Crippen LogP) is 3.04. The van der Waals surface area contributed by atoms with E-state index >= 15 is 0 Å². The van der Waals surface area contributed by atoms with Gasteiger partial charge in [0.2, 0.25) is 10.0 Å². The van der Waals surface area contributed by atoms with Gasteiger partial charge >= 0.3 is 0 Å². The molecule has 20 heavy (non-hydrogen) atoms. The summed E-state index contributed by atoms with van der Waals surface area (Å²) in [5.41, 5.74) is -0.284. The number of hydrogen-bond acceptors (Lipinski definition) is 3. The van der Waals surface area contributed by atoms with Crippen LogP contribution in [0.15, 0.2) is 29.2 Å². The molecule has 112 valence electrons. The Morgan fingerprint density at radius 3 is 2.05 bits per heavy atom. The van der Waals surface area contributed by atoms with Crippen LogP contribution in [0, 0.1) is 0 Å². The van der Waals surface area contributed by atoms with Crippen molar-refractivity contribution in [2.24, 2.45) is 0 Å². The molecule has 0 radical (unpaired) electrons. The maximum Gasteiger partial charge on any atom is 0.243 e. The average Bonchev–Trinajstić information content (AvgIpc) is 2.38. The lowest BCUT2D eigenvalue weighted by molar-refractivity contribution is 0.131. The van der Waals surface area contributed by atoms with Crippen LogP contribution in [0.1, 0.15) is 40.0 Å². The molecule has 2 rings (SSSR count). The van der Waals surface area contributed by atoms with Crippen LogP contribution in [0.3, 0.4) is 0 Å². The van der Waals surface area contributed by atoms with Gasteiger partial charge in [-0.2, -0.15) is 4.31 Å². The van der Waals surface area contributed by atoms with E-state index in [1.807, 2.05) is 20.8 Å². The summed E-state index contributed by atoms with van der Waals surface area (Å²) in [5.74, 6) is 0.690. The number of nitrogens with zero attached hydrogens (tertiary/aromatic N) is 1. The van der Waals surface area contributed by atoms with Crippen LogP contribution in [0.25, 0.3) is 0 Å². The van der Waals surface area contributed by atoms with E-state index in [4.69, 9.17) is 4.74 Å². The molecule has 1 aliphatic rings. The van der Waals surface area contributed by atoms with E-state index in [0.717, 1.165) is 19.3 Å². The van der Waals surface area contributed by atoms with E-state index in [2.05, 4.69) is 0 Å². The SMILES string of the molecule is CC(C)(C)Oc1ccc(S(=O)(=O)N2CCCCC2)cc1. The number of hydrogen-bond donors (Lipinski definition) is 0. The molecule has 1 aliphatic heterocycles. The molecule has 0 aliphatic carbocycles. The van der Waals surface area contributed by atoms with E-state index in [-0.39, 0.29) is 5.60 Å². The molecule has 0 saturated carbocycles. The van der Waals surface area contributed by atoms with Crippen LogP contribution in [0.5, 0.6) is 5.75 Å². The predicted molar refractivity (Wildman–Crippen MR) is 79.4 cm³/mol.